The first kappa shape index (κ1) is 20.0. The molecular weight excluding hydrogens is 297 g/mol. The highest BCUT2D eigenvalue weighted by Gasteiger charge is 2.33. The summed E-state index contributed by atoms with van der Waals surface area (Å²) in [4.78, 5) is 14.4. The molecule has 2 aliphatic rings. The molecule has 0 heterocycles. The van der Waals surface area contributed by atoms with Gasteiger partial charge >= 0.3 is 0 Å². The molecule has 0 radical (unpaired) electrons. The molecule has 120 valence electrons. The van der Waals surface area contributed by atoms with Crippen LogP contribution < -0.4 is 11.1 Å². The average molecular weight is 326 g/mol. The second-order valence-electron chi connectivity index (χ2n) is 6.24. The molecule has 0 saturated heterocycles. The van der Waals surface area contributed by atoms with E-state index in [1.165, 1.54) is 12.8 Å². The van der Waals surface area contributed by atoms with Crippen LogP contribution in [0, 0.1) is 11.8 Å². The van der Waals surface area contributed by atoms with Crippen molar-refractivity contribution in [3.63, 3.8) is 0 Å². The molecule has 2 fully saturated rings. The van der Waals surface area contributed by atoms with Gasteiger partial charge in [-0.2, -0.15) is 0 Å². The molecule has 2 rings (SSSR count). The predicted octanol–water partition coefficient (Wildman–Crippen LogP) is 1.80. The van der Waals surface area contributed by atoms with Crippen LogP contribution in [0.2, 0.25) is 0 Å². The van der Waals surface area contributed by atoms with Gasteiger partial charge in [0.25, 0.3) is 0 Å². The van der Waals surface area contributed by atoms with Crippen molar-refractivity contribution >= 4 is 30.7 Å². The largest absolute Gasteiger partial charge is 0.354 e. The van der Waals surface area contributed by atoms with Crippen LogP contribution in [-0.2, 0) is 4.79 Å². The molecule has 1 amide bonds. The normalized spacial score (nSPS) is 27.2. The fraction of sp³-hybridized carbons (Fsp3) is 0.929. The molecule has 0 aromatic heterocycles. The summed E-state index contributed by atoms with van der Waals surface area (Å²) in [5.74, 6) is 1.15. The zero-order valence-corrected chi connectivity index (χ0v) is 14.1. The van der Waals surface area contributed by atoms with Crippen LogP contribution >= 0.6 is 24.8 Å². The van der Waals surface area contributed by atoms with E-state index in [1.807, 2.05) is 0 Å². The van der Waals surface area contributed by atoms with Gasteiger partial charge in [0.05, 0.1) is 0 Å². The lowest BCUT2D eigenvalue weighted by Crippen LogP contribution is -2.45. The Balaban J connectivity index is 0.00000180. The highest BCUT2D eigenvalue weighted by Crippen LogP contribution is 2.34. The maximum atomic E-state index is 12.1. The summed E-state index contributed by atoms with van der Waals surface area (Å²) in [7, 11) is 4.21. The minimum Gasteiger partial charge on any atom is -0.354 e. The van der Waals surface area contributed by atoms with Crippen molar-refractivity contribution in [2.75, 3.05) is 20.6 Å². The minimum atomic E-state index is 0. The van der Waals surface area contributed by atoms with Crippen LogP contribution in [0.5, 0.6) is 0 Å². The third kappa shape index (κ3) is 5.76. The number of halogens is 2. The number of nitrogens with zero attached hydrogens (tertiary/aromatic N) is 1. The third-order valence-corrected chi connectivity index (χ3v) is 4.40. The molecule has 0 bridgehead atoms. The van der Waals surface area contributed by atoms with Gasteiger partial charge in [0.15, 0.2) is 0 Å². The Labute approximate surface area is 135 Å². The van der Waals surface area contributed by atoms with Crippen LogP contribution in [0.4, 0.5) is 0 Å². The molecule has 0 aliphatic heterocycles. The molecule has 6 heteroatoms. The number of likely N-dealkylation sites (N-methyl/N-ethyl adjacent to an activating group) is 1. The van der Waals surface area contributed by atoms with Gasteiger partial charge in [0.1, 0.15) is 0 Å². The fourth-order valence-electron chi connectivity index (χ4n) is 3.07. The summed E-state index contributed by atoms with van der Waals surface area (Å²) in [6.07, 6.45) is 6.67. The van der Waals surface area contributed by atoms with Gasteiger partial charge in [0.2, 0.25) is 5.91 Å². The molecule has 2 saturated carbocycles. The van der Waals surface area contributed by atoms with Crippen molar-refractivity contribution in [3.8, 4) is 0 Å². The summed E-state index contributed by atoms with van der Waals surface area (Å²) >= 11 is 0. The van der Waals surface area contributed by atoms with E-state index in [4.69, 9.17) is 5.73 Å². The quantitative estimate of drug-likeness (QED) is 0.810. The number of amides is 1. The number of carbonyl (C=O) groups excluding carboxylic acids is 1. The van der Waals surface area contributed by atoms with E-state index in [9.17, 15) is 4.79 Å². The summed E-state index contributed by atoms with van der Waals surface area (Å²) in [5.41, 5.74) is 5.94. The predicted molar refractivity (Wildman–Crippen MR) is 87.6 cm³/mol. The molecule has 3 unspecified atom stereocenters. The Kier molecular flexibility index (Phi) is 9.07. The van der Waals surface area contributed by atoms with E-state index in [0.717, 1.165) is 38.1 Å². The summed E-state index contributed by atoms with van der Waals surface area (Å²) < 4.78 is 0. The van der Waals surface area contributed by atoms with E-state index in [0.29, 0.717) is 6.04 Å². The lowest BCUT2D eigenvalue weighted by atomic mass is 9.85. The molecule has 2 aliphatic carbocycles. The summed E-state index contributed by atoms with van der Waals surface area (Å²) in [5, 5.41) is 3.14. The highest BCUT2D eigenvalue weighted by molar-refractivity contribution is 5.85. The molecule has 3 N–H and O–H groups in total. The molecule has 20 heavy (non-hydrogen) atoms. The van der Waals surface area contributed by atoms with Crippen LogP contribution in [0.1, 0.15) is 38.5 Å². The van der Waals surface area contributed by atoms with Crippen molar-refractivity contribution in [3.05, 3.63) is 0 Å². The fourth-order valence-corrected chi connectivity index (χ4v) is 3.07. The second kappa shape index (κ2) is 9.08. The SMILES string of the molecule is CN(C)C(CNC(=O)C1CCCC(N)C1)C1CC1.Cl.Cl. The smallest absolute Gasteiger partial charge is 0.223 e. The van der Waals surface area contributed by atoms with Crippen LogP contribution in [-0.4, -0.2) is 43.5 Å². The second-order valence-corrected chi connectivity index (χ2v) is 6.24. The Morgan fingerprint density at radius 2 is 1.90 bits per heavy atom. The average Bonchev–Trinajstić information content (AvgIpc) is 3.13. The van der Waals surface area contributed by atoms with Crippen molar-refractivity contribution in [1.82, 2.24) is 10.2 Å². The molecule has 0 spiro atoms. The number of rotatable bonds is 5. The topological polar surface area (TPSA) is 58.4 Å². The van der Waals surface area contributed by atoms with E-state index in [2.05, 4.69) is 24.3 Å². The van der Waals surface area contributed by atoms with Gasteiger partial charge in [-0.1, -0.05) is 6.42 Å². The standard InChI is InChI=1S/C14H27N3O.2ClH/c1-17(2)13(10-6-7-10)9-16-14(18)11-4-3-5-12(15)8-11;;/h10-13H,3-9,15H2,1-2H3,(H,16,18);2*1H. The number of hydrogen-bond acceptors (Lipinski definition) is 3. The number of nitrogens with two attached hydrogens (primary N) is 1. The lowest BCUT2D eigenvalue weighted by Gasteiger charge is -2.28. The Hall–Kier alpha value is -0.0300. The molecular formula is C14H29Cl2N3O. The Morgan fingerprint density at radius 1 is 1.25 bits per heavy atom. The van der Waals surface area contributed by atoms with Gasteiger partial charge in [-0.15, -0.1) is 24.8 Å². The first-order chi connectivity index (χ1) is 8.58. The number of hydrogen-bond donors (Lipinski definition) is 2. The van der Waals surface area contributed by atoms with Crippen molar-refractivity contribution in [2.24, 2.45) is 17.6 Å². The highest BCUT2D eigenvalue weighted by atomic mass is 35.5. The molecule has 3 atom stereocenters. The molecule has 0 aromatic carbocycles. The monoisotopic (exact) mass is 325 g/mol. The van der Waals surface area contributed by atoms with Gasteiger partial charge in [-0.3, -0.25) is 4.79 Å². The molecule has 4 nitrogen and oxygen atoms in total. The Morgan fingerprint density at radius 3 is 2.40 bits per heavy atom. The molecule has 0 aromatic rings. The van der Waals surface area contributed by atoms with E-state index >= 15 is 0 Å². The first-order valence-corrected chi connectivity index (χ1v) is 7.27. The Bertz CT molecular complexity index is 296. The van der Waals surface area contributed by atoms with E-state index in [-0.39, 0.29) is 42.7 Å². The van der Waals surface area contributed by atoms with Crippen LogP contribution in [0.15, 0.2) is 0 Å². The van der Waals surface area contributed by atoms with Gasteiger partial charge in [-0.25, -0.2) is 0 Å². The zero-order chi connectivity index (χ0) is 13.1. The lowest BCUT2D eigenvalue weighted by molar-refractivity contribution is -0.126. The van der Waals surface area contributed by atoms with Crippen molar-refractivity contribution in [1.29, 1.82) is 0 Å². The number of nitrogens with one attached hydrogen (secondary N) is 1. The van der Waals surface area contributed by atoms with Crippen molar-refractivity contribution in [2.45, 2.75) is 50.6 Å². The summed E-state index contributed by atoms with van der Waals surface area (Å²) in [6.45, 7) is 0.794. The maximum Gasteiger partial charge on any atom is 0.223 e. The maximum absolute atomic E-state index is 12.1. The first-order valence-electron chi connectivity index (χ1n) is 7.27. The van der Waals surface area contributed by atoms with E-state index in [1.54, 1.807) is 0 Å². The van der Waals surface area contributed by atoms with Gasteiger partial charge < -0.3 is 16.0 Å². The van der Waals surface area contributed by atoms with Crippen molar-refractivity contribution < 1.29 is 4.79 Å². The summed E-state index contributed by atoms with van der Waals surface area (Å²) in [6, 6.07) is 0.730. The van der Waals surface area contributed by atoms with Crippen LogP contribution in [0.3, 0.4) is 0 Å². The van der Waals surface area contributed by atoms with Crippen LogP contribution in [0.25, 0.3) is 0 Å². The van der Waals surface area contributed by atoms with Gasteiger partial charge in [-0.05, 0) is 52.1 Å². The van der Waals surface area contributed by atoms with E-state index < -0.39 is 0 Å². The van der Waals surface area contributed by atoms with Gasteiger partial charge in [0, 0.05) is 24.5 Å². The number of carbonyl (C=O) groups is 1. The minimum absolute atomic E-state index is 0. The zero-order valence-electron chi connectivity index (χ0n) is 12.5. The third-order valence-electron chi connectivity index (χ3n) is 4.40.